The van der Waals surface area contributed by atoms with Gasteiger partial charge in [-0.3, -0.25) is 29.4 Å². The Morgan fingerprint density at radius 1 is 1.13 bits per heavy atom. The van der Waals surface area contributed by atoms with E-state index in [0.29, 0.717) is 0 Å². The topological polar surface area (TPSA) is 145 Å². The van der Waals surface area contributed by atoms with Gasteiger partial charge >= 0.3 is 5.97 Å². The van der Waals surface area contributed by atoms with E-state index >= 15 is 0 Å². The zero-order valence-corrected chi connectivity index (χ0v) is 16.5. The summed E-state index contributed by atoms with van der Waals surface area (Å²) < 4.78 is 9.97. The van der Waals surface area contributed by atoms with Crippen molar-refractivity contribution in [2.24, 2.45) is 0 Å². The van der Waals surface area contributed by atoms with Crippen LogP contribution in [0.3, 0.4) is 0 Å². The molecule has 0 aromatic heterocycles. The van der Waals surface area contributed by atoms with Gasteiger partial charge in [-0.1, -0.05) is 12.1 Å². The number of esters is 1. The summed E-state index contributed by atoms with van der Waals surface area (Å²) in [7, 11) is 1.32. The van der Waals surface area contributed by atoms with Crippen LogP contribution < -0.4 is 10.1 Å². The van der Waals surface area contributed by atoms with Crippen LogP contribution in [0.1, 0.15) is 27.6 Å². The van der Waals surface area contributed by atoms with Gasteiger partial charge in [0, 0.05) is 12.1 Å². The smallest absolute Gasteiger partial charge is 0.329 e. The summed E-state index contributed by atoms with van der Waals surface area (Å²) in [6.07, 6.45) is 0. The number of non-ortho nitro benzene ring substituents is 1. The highest BCUT2D eigenvalue weighted by Crippen LogP contribution is 2.29. The van der Waals surface area contributed by atoms with E-state index in [-0.39, 0.29) is 28.3 Å². The predicted octanol–water partition coefficient (Wildman–Crippen LogP) is 1.77. The Labute approximate surface area is 175 Å². The number of amides is 3. The van der Waals surface area contributed by atoms with Crippen LogP contribution in [-0.4, -0.2) is 53.3 Å². The number of carbonyl (C=O) groups excluding carboxylic acids is 4. The standard InChI is InChI=1S/C20H17N3O8/c1-11(22-18(25)13-5-3-4-6-14(13)19(22)26)20(27)31-10-17(24)21-15-9-12(23(28)29)7-8-16(15)30-2/h3-9,11H,10H2,1-2H3,(H,21,24)/t11-/m1/s1. The molecule has 2 aromatic rings. The van der Waals surface area contributed by atoms with Gasteiger partial charge in [-0.15, -0.1) is 0 Å². The molecule has 3 rings (SSSR count). The molecule has 0 radical (unpaired) electrons. The minimum Gasteiger partial charge on any atom is -0.495 e. The molecule has 11 heteroatoms. The third-order valence-electron chi connectivity index (χ3n) is 4.57. The van der Waals surface area contributed by atoms with Gasteiger partial charge in [-0.2, -0.15) is 0 Å². The Morgan fingerprint density at radius 2 is 1.74 bits per heavy atom. The van der Waals surface area contributed by atoms with Gasteiger partial charge in [0.05, 0.1) is 28.8 Å². The Hall–Kier alpha value is -4.28. The fourth-order valence-corrected chi connectivity index (χ4v) is 3.02. The van der Waals surface area contributed by atoms with E-state index in [0.717, 1.165) is 11.0 Å². The number of methoxy groups -OCH3 is 1. The monoisotopic (exact) mass is 427 g/mol. The summed E-state index contributed by atoms with van der Waals surface area (Å²) in [5, 5.41) is 13.3. The third kappa shape index (κ3) is 4.20. The van der Waals surface area contributed by atoms with Crippen molar-refractivity contribution in [3.8, 4) is 5.75 Å². The molecule has 3 amide bonds. The highest BCUT2D eigenvalue weighted by atomic mass is 16.6. The minimum atomic E-state index is -1.26. The molecule has 1 aliphatic rings. The summed E-state index contributed by atoms with van der Waals surface area (Å²) in [5.41, 5.74) is 0.115. The number of benzene rings is 2. The van der Waals surface area contributed by atoms with Crippen molar-refractivity contribution in [1.29, 1.82) is 0 Å². The van der Waals surface area contributed by atoms with Gasteiger partial charge in [0.1, 0.15) is 11.8 Å². The van der Waals surface area contributed by atoms with Crippen molar-refractivity contribution in [2.45, 2.75) is 13.0 Å². The van der Waals surface area contributed by atoms with Crippen molar-refractivity contribution < 1.29 is 33.6 Å². The van der Waals surface area contributed by atoms with Gasteiger partial charge in [-0.05, 0) is 25.1 Å². The van der Waals surface area contributed by atoms with Gasteiger partial charge in [0.2, 0.25) is 0 Å². The van der Waals surface area contributed by atoms with E-state index in [4.69, 9.17) is 9.47 Å². The summed E-state index contributed by atoms with van der Waals surface area (Å²) in [5.74, 6) is -2.84. The summed E-state index contributed by atoms with van der Waals surface area (Å²) >= 11 is 0. The van der Waals surface area contributed by atoms with Crippen LogP contribution >= 0.6 is 0 Å². The number of hydrogen-bond acceptors (Lipinski definition) is 8. The van der Waals surface area contributed by atoms with Crippen LogP contribution in [0.4, 0.5) is 11.4 Å². The molecule has 1 atom stereocenters. The van der Waals surface area contributed by atoms with Crippen molar-refractivity contribution >= 4 is 35.1 Å². The molecular weight excluding hydrogens is 410 g/mol. The second-order valence-corrected chi connectivity index (χ2v) is 6.50. The summed E-state index contributed by atoms with van der Waals surface area (Å²) in [6.45, 7) is 0.573. The number of nitrogens with zero attached hydrogens (tertiary/aromatic N) is 2. The molecule has 11 nitrogen and oxygen atoms in total. The first kappa shape index (κ1) is 21.4. The Balaban J connectivity index is 1.63. The number of anilines is 1. The Kier molecular flexibility index (Phi) is 5.95. The number of carbonyl (C=O) groups is 4. The first-order chi connectivity index (χ1) is 14.7. The number of ether oxygens (including phenoxy) is 2. The number of imide groups is 1. The lowest BCUT2D eigenvalue weighted by Gasteiger charge is -2.20. The average molecular weight is 427 g/mol. The maximum Gasteiger partial charge on any atom is 0.329 e. The molecule has 0 saturated carbocycles. The van der Waals surface area contributed by atoms with Crippen molar-refractivity contribution in [1.82, 2.24) is 4.90 Å². The SMILES string of the molecule is COc1ccc([N+](=O)[O-])cc1NC(=O)COC(=O)[C@@H](C)N1C(=O)c2ccccc2C1=O. The van der Waals surface area contributed by atoms with Crippen LogP contribution in [-0.2, 0) is 14.3 Å². The van der Waals surface area contributed by atoms with Crippen LogP contribution in [0.15, 0.2) is 42.5 Å². The Morgan fingerprint density at radius 3 is 2.29 bits per heavy atom. The molecule has 0 bridgehead atoms. The highest BCUT2D eigenvalue weighted by Gasteiger charge is 2.41. The molecule has 0 spiro atoms. The molecule has 0 unspecified atom stereocenters. The number of nitro groups is 1. The lowest BCUT2D eigenvalue weighted by Crippen LogP contribution is -2.44. The van der Waals surface area contributed by atoms with E-state index in [1.807, 2.05) is 0 Å². The molecule has 31 heavy (non-hydrogen) atoms. The van der Waals surface area contributed by atoms with E-state index in [2.05, 4.69) is 5.32 Å². The normalized spacial score (nSPS) is 13.4. The van der Waals surface area contributed by atoms with Crippen LogP contribution in [0.5, 0.6) is 5.75 Å². The fourth-order valence-electron chi connectivity index (χ4n) is 3.02. The number of nitro benzene ring substituents is 1. The van der Waals surface area contributed by atoms with Crippen molar-refractivity contribution in [3.05, 3.63) is 63.7 Å². The second-order valence-electron chi connectivity index (χ2n) is 6.50. The first-order valence-electron chi connectivity index (χ1n) is 9.00. The number of fused-ring (bicyclic) bond motifs is 1. The fraction of sp³-hybridized carbons (Fsp3) is 0.200. The largest absolute Gasteiger partial charge is 0.495 e. The van der Waals surface area contributed by atoms with E-state index in [1.165, 1.54) is 38.3 Å². The van der Waals surface area contributed by atoms with Gasteiger partial charge in [0.15, 0.2) is 6.61 Å². The third-order valence-corrected chi connectivity index (χ3v) is 4.57. The lowest BCUT2D eigenvalue weighted by molar-refractivity contribution is -0.384. The molecule has 0 aliphatic carbocycles. The maximum absolute atomic E-state index is 12.4. The van der Waals surface area contributed by atoms with Crippen LogP contribution in [0, 0.1) is 10.1 Å². The molecule has 1 N–H and O–H groups in total. The van der Waals surface area contributed by atoms with Gasteiger partial charge in [-0.25, -0.2) is 4.79 Å². The average Bonchev–Trinajstić information content (AvgIpc) is 3.01. The molecule has 160 valence electrons. The Bertz CT molecular complexity index is 1060. The van der Waals surface area contributed by atoms with Crippen molar-refractivity contribution in [3.63, 3.8) is 0 Å². The zero-order valence-electron chi connectivity index (χ0n) is 16.5. The van der Waals surface area contributed by atoms with E-state index < -0.39 is 41.3 Å². The minimum absolute atomic E-state index is 0.0196. The van der Waals surface area contributed by atoms with E-state index in [9.17, 15) is 29.3 Å². The lowest BCUT2D eigenvalue weighted by atomic mass is 10.1. The molecule has 2 aromatic carbocycles. The summed E-state index contributed by atoms with van der Waals surface area (Å²) in [4.78, 5) is 60.4. The van der Waals surface area contributed by atoms with Gasteiger partial charge in [0.25, 0.3) is 23.4 Å². The molecule has 1 aliphatic heterocycles. The first-order valence-corrected chi connectivity index (χ1v) is 9.00. The highest BCUT2D eigenvalue weighted by molar-refractivity contribution is 6.22. The molecule has 0 saturated heterocycles. The van der Waals surface area contributed by atoms with Crippen LogP contribution in [0.2, 0.25) is 0 Å². The molecule has 0 fully saturated rings. The zero-order chi connectivity index (χ0) is 22.7. The van der Waals surface area contributed by atoms with Gasteiger partial charge < -0.3 is 14.8 Å². The second kappa shape index (κ2) is 8.61. The predicted molar refractivity (Wildman–Crippen MR) is 106 cm³/mol. The quantitative estimate of drug-likeness (QED) is 0.305. The molecular formula is C20H17N3O8. The number of hydrogen-bond donors (Lipinski definition) is 1. The van der Waals surface area contributed by atoms with Crippen LogP contribution in [0.25, 0.3) is 0 Å². The number of nitrogens with one attached hydrogen (secondary N) is 1. The molecule has 1 heterocycles. The van der Waals surface area contributed by atoms with Crippen molar-refractivity contribution in [2.75, 3.05) is 19.0 Å². The van der Waals surface area contributed by atoms with E-state index in [1.54, 1.807) is 12.1 Å². The number of rotatable bonds is 7. The maximum atomic E-state index is 12.4. The summed E-state index contributed by atoms with van der Waals surface area (Å²) in [6, 6.07) is 8.52.